The maximum atomic E-state index is 11.2. The van der Waals surface area contributed by atoms with Crippen molar-refractivity contribution in [3.8, 4) is 17.4 Å². The van der Waals surface area contributed by atoms with Crippen molar-refractivity contribution in [1.82, 2.24) is 9.97 Å². The first-order valence-corrected chi connectivity index (χ1v) is 8.21. The third kappa shape index (κ3) is 3.22. The number of benzene rings is 2. The Morgan fingerprint density at radius 3 is 2.59 bits per heavy atom. The highest BCUT2D eigenvalue weighted by Crippen LogP contribution is 2.25. The number of imidazole rings is 1. The first-order chi connectivity index (χ1) is 13.1. The Bertz CT molecular complexity index is 1170. The lowest BCUT2D eigenvalue weighted by Crippen LogP contribution is -2.10. The summed E-state index contributed by atoms with van der Waals surface area (Å²) < 4.78 is 5.81. The van der Waals surface area contributed by atoms with Gasteiger partial charge in [-0.05, 0) is 36.4 Å². The fourth-order valence-electron chi connectivity index (χ4n) is 2.76. The van der Waals surface area contributed by atoms with Gasteiger partial charge in [-0.2, -0.15) is 5.26 Å². The molecule has 0 spiro atoms. The molecule has 0 radical (unpaired) electrons. The van der Waals surface area contributed by atoms with E-state index in [-0.39, 0.29) is 0 Å². The van der Waals surface area contributed by atoms with Gasteiger partial charge in [0.15, 0.2) is 0 Å². The number of nitrogens with zero attached hydrogens (tertiary/aromatic N) is 2. The number of nitrogens with two attached hydrogens (primary N) is 1. The highest BCUT2D eigenvalue weighted by atomic mass is 16.3. The predicted molar refractivity (Wildman–Crippen MR) is 102 cm³/mol. The summed E-state index contributed by atoms with van der Waals surface area (Å²) in [4.78, 5) is 18.7. The Labute approximate surface area is 154 Å². The van der Waals surface area contributed by atoms with E-state index < -0.39 is 5.91 Å². The number of allylic oxidation sites excluding steroid dienone is 1. The zero-order valence-corrected chi connectivity index (χ0v) is 14.1. The van der Waals surface area contributed by atoms with Crippen LogP contribution in [0, 0.1) is 11.3 Å². The van der Waals surface area contributed by atoms with Gasteiger partial charge in [0.2, 0.25) is 5.91 Å². The van der Waals surface area contributed by atoms with Crippen LogP contribution in [0.3, 0.4) is 0 Å². The van der Waals surface area contributed by atoms with Crippen molar-refractivity contribution in [3.63, 3.8) is 0 Å². The number of carbonyl (C=O) groups excluding carboxylic acids is 1. The van der Waals surface area contributed by atoms with E-state index in [2.05, 4.69) is 16.0 Å². The van der Waals surface area contributed by atoms with E-state index in [1.54, 1.807) is 42.5 Å². The number of aromatic nitrogens is 2. The number of amides is 1. The Kier molecular flexibility index (Phi) is 4.03. The van der Waals surface area contributed by atoms with Crippen LogP contribution in [0.15, 0.2) is 65.1 Å². The molecule has 0 aliphatic rings. The van der Waals surface area contributed by atoms with Gasteiger partial charge in [-0.3, -0.25) is 4.79 Å². The first-order valence-electron chi connectivity index (χ1n) is 8.21. The molecule has 6 heteroatoms. The molecule has 3 N–H and O–H groups in total. The number of furan rings is 1. The molecule has 130 valence electrons. The summed E-state index contributed by atoms with van der Waals surface area (Å²) in [5.74, 6) is 1.16. The molecule has 0 aliphatic carbocycles. The quantitative estimate of drug-likeness (QED) is 0.540. The third-order valence-corrected chi connectivity index (χ3v) is 4.13. The molecule has 4 rings (SSSR count). The van der Waals surface area contributed by atoms with Gasteiger partial charge in [-0.25, -0.2) is 4.98 Å². The number of H-pyrrole nitrogens is 1. The smallest absolute Gasteiger partial charge is 0.248 e. The van der Waals surface area contributed by atoms with Gasteiger partial charge >= 0.3 is 0 Å². The highest BCUT2D eigenvalue weighted by molar-refractivity contribution is 5.93. The molecule has 0 aliphatic heterocycles. The minimum atomic E-state index is -0.478. The molecular weight excluding hydrogens is 340 g/mol. The van der Waals surface area contributed by atoms with Gasteiger partial charge in [0.25, 0.3) is 0 Å². The Morgan fingerprint density at radius 2 is 1.89 bits per heavy atom. The summed E-state index contributed by atoms with van der Waals surface area (Å²) >= 11 is 0. The summed E-state index contributed by atoms with van der Waals surface area (Å²) in [5.41, 5.74) is 8.52. The SMILES string of the molecule is N#CC(=Cc1ccc(-c2ccc(C(N)=O)cc2)o1)c1nc2ccccc2[nH]1. The zero-order chi connectivity index (χ0) is 18.8. The van der Waals surface area contributed by atoms with Gasteiger partial charge in [0, 0.05) is 17.2 Å². The molecule has 27 heavy (non-hydrogen) atoms. The van der Waals surface area contributed by atoms with Crippen LogP contribution in [-0.4, -0.2) is 15.9 Å². The van der Waals surface area contributed by atoms with Crippen LogP contribution in [0.4, 0.5) is 0 Å². The molecule has 0 saturated heterocycles. The van der Waals surface area contributed by atoms with E-state index in [4.69, 9.17) is 10.2 Å². The second-order valence-electron chi connectivity index (χ2n) is 5.92. The number of primary amides is 1. The third-order valence-electron chi connectivity index (χ3n) is 4.13. The van der Waals surface area contributed by atoms with E-state index in [1.807, 2.05) is 24.3 Å². The average molecular weight is 354 g/mol. The van der Waals surface area contributed by atoms with Crippen LogP contribution >= 0.6 is 0 Å². The Hall–Kier alpha value is -4.11. The molecule has 2 aromatic heterocycles. The van der Waals surface area contributed by atoms with Gasteiger partial charge in [0.1, 0.15) is 23.4 Å². The van der Waals surface area contributed by atoms with Gasteiger partial charge in [0.05, 0.1) is 16.6 Å². The van der Waals surface area contributed by atoms with Gasteiger partial charge in [-0.15, -0.1) is 0 Å². The van der Waals surface area contributed by atoms with Crippen molar-refractivity contribution in [2.24, 2.45) is 5.73 Å². The normalized spacial score (nSPS) is 11.4. The number of rotatable bonds is 4. The lowest BCUT2D eigenvalue weighted by atomic mass is 10.1. The molecule has 0 saturated carbocycles. The first kappa shape index (κ1) is 16.4. The molecule has 2 aromatic carbocycles. The fourth-order valence-corrected chi connectivity index (χ4v) is 2.76. The van der Waals surface area contributed by atoms with Crippen LogP contribution in [0.2, 0.25) is 0 Å². The predicted octanol–water partition coefficient (Wildman–Crippen LogP) is 3.99. The van der Waals surface area contributed by atoms with Gasteiger partial charge < -0.3 is 15.1 Å². The minimum absolute atomic E-state index is 0.371. The van der Waals surface area contributed by atoms with E-state index in [0.29, 0.717) is 28.5 Å². The summed E-state index contributed by atoms with van der Waals surface area (Å²) in [7, 11) is 0. The molecule has 0 bridgehead atoms. The van der Waals surface area contributed by atoms with Crippen molar-refractivity contribution in [2.75, 3.05) is 0 Å². The molecule has 2 heterocycles. The van der Waals surface area contributed by atoms with Crippen molar-refractivity contribution in [2.45, 2.75) is 0 Å². The zero-order valence-electron chi connectivity index (χ0n) is 14.1. The highest BCUT2D eigenvalue weighted by Gasteiger charge is 2.10. The van der Waals surface area contributed by atoms with Gasteiger partial charge in [-0.1, -0.05) is 24.3 Å². The van der Waals surface area contributed by atoms with Crippen LogP contribution in [0.25, 0.3) is 34.0 Å². The molecule has 6 nitrogen and oxygen atoms in total. The van der Waals surface area contributed by atoms with E-state index in [0.717, 1.165) is 16.6 Å². The molecule has 1 amide bonds. The standard InChI is InChI=1S/C21H14N4O2/c22-12-15(21-24-17-3-1-2-4-18(17)25-21)11-16-9-10-19(27-16)13-5-7-14(8-6-13)20(23)26/h1-11H,(H2,23,26)(H,24,25). The number of hydrogen-bond donors (Lipinski definition) is 2. The number of carbonyl (C=O) groups is 1. The summed E-state index contributed by atoms with van der Waals surface area (Å²) in [6.07, 6.45) is 1.64. The Balaban J connectivity index is 1.65. The van der Waals surface area contributed by atoms with E-state index in [9.17, 15) is 10.1 Å². The second kappa shape index (κ2) is 6.65. The number of nitriles is 1. The maximum absolute atomic E-state index is 11.2. The lowest BCUT2D eigenvalue weighted by molar-refractivity contribution is 0.100. The molecule has 0 atom stereocenters. The topological polar surface area (TPSA) is 109 Å². The number of fused-ring (bicyclic) bond motifs is 1. The molecular formula is C21H14N4O2. The van der Waals surface area contributed by atoms with Crippen LogP contribution in [-0.2, 0) is 0 Å². The summed E-state index contributed by atoms with van der Waals surface area (Å²) in [6.45, 7) is 0. The molecule has 0 unspecified atom stereocenters. The number of hydrogen-bond acceptors (Lipinski definition) is 4. The average Bonchev–Trinajstić information content (AvgIpc) is 3.33. The monoisotopic (exact) mass is 354 g/mol. The maximum Gasteiger partial charge on any atom is 0.248 e. The van der Waals surface area contributed by atoms with Crippen molar-refractivity contribution < 1.29 is 9.21 Å². The lowest BCUT2D eigenvalue weighted by Gasteiger charge is -1.99. The van der Waals surface area contributed by atoms with Crippen molar-refractivity contribution in [3.05, 3.63) is 77.8 Å². The number of nitrogens with one attached hydrogen (secondary N) is 1. The summed E-state index contributed by atoms with van der Waals surface area (Å²) in [6, 6.07) is 20.1. The Morgan fingerprint density at radius 1 is 1.11 bits per heavy atom. The summed E-state index contributed by atoms with van der Waals surface area (Å²) in [5, 5.41) is 9.51. The number of aromatic amines is 1. The minimum Gasteiger partial charge on any atom is -0.457 e. The van der Waals surface area contributed by atoms with Crippen LogP contribution < -0.4 is 5.73 Å². The molecule has 4 aromatic rings. The van der Waals surface area contributed by atoms with E-state index >= 15 is 0 Å². The molecule has 0 fully saturated rings. The second-order valence-corrected chi connectivity index (χ2v) is 5.92. The fraction of sp³-hybridized carbons (Fsp3) is 0. The van der Waals surface area contributed by atoms with Crippen molar-refractivity contribution in [1.29, 1.82) is 5.26 Å². The van der Waals surface area contributed by atoms with E-state index in [1.165, 1.54) is 0 Å². The number of para-hydroxylation sites is 2. The van der Waals surface area contributed by atoms with Crippen molar-refractivity contribution >= 4 is 28.6 Å². The largest absolute Gasteiger partial charge is 0.457 e. The van der Waals surface area contributed by atoms with Crippen LogP contribution in [0.5, 0.6) is 0 Å². The van der Waals surface area contributed by atoms with Crippen LogP contribution in [0.1, 0.15) is 21.9 Å².